The molecule has 2 rings (SSSR count). The van der Waals surface area contributed by atoms with E-state index < -0.39 is 5.97 Å². The van der Waals surface area contributed by atoms with Gasteiger partial charge in [0.15, 0.2) is 4.73 Å². The number of benzene rings is 1. The maximum absolute atomic E-state index is 10.7. The van der Waals surface area contributed by atoms with Gasteiger partial charge < -0.3 is 10.1 Å². The van der Waals surface area contributed by atoms with Gasteiger partial charge in [-0.05, 0) is 28.1 Å². The molecule has 16 heavy (non-hydrogen) atoms. The predicted octanol–water partition coefficient (Wildman–Crippen LogP) is 1.82. The number of imidazole rings is 1. The summed E-state index contributed by atoms with van der Waals surface area (Å²) < 4.78 is 0.518. The van der Waals surface area contributed by atoms with Gasteiger partial charge in [0.2, 0.25) is 0 Å². The monoisotopic (exact) mass is 279 g/mol. The first-order chi connectivity index (χ1) is 7.61. The summed E-state index contributed by atoms with van der Waals surface area (Å²) in [6.07, 6.45) is -0.211. The molecule has 6 heteroatoms. The summed E-state index contributed by atoms with van der Waals surface area (Å²) in [4.78, 5) is 17.8. The Morgan fingerprint density at radius 1 is 1.62 bits per heavy atom. The van der Waals surface area contributed by atoms with Crippen molar-refractivity contribution in [3.63, 3.8) is 0 Å². The molecule has 0 aliphatic rings. The molecule has 0 saturated heterocycles. The van der Waals surface area contributed by atoms with Gasteiger partial charge in [0, 0.05) is 5.56 Å². The lowest BCUT2D eigenvalue weighted by Crippen LogP contribution is -2.03. The molecule has 2 aromatic rings. The first-order valence-corrected chi connectivity index (χ1v) is 5.20. The van der Waals surface area contributed by atoms with Crippen LogP contribution in [0.5, 0.6) is 0 Å². The van der Waals surface area contributed by atoms with Gasteiger partial charge in [-0.2, -0.15) is 5.26 Å². The molecule has 0 atom stereocenters. The minimum Gasteiger partial charge on any atom is -0.481 e. The third-order valence-corrected chi connectivity index (χ3v) is 2.55. The molecule has 1 aromatic heterocycles. The van der Waals surface area contributed by atoms with Gasteiger partial charge in [0.25, 0.3) is 0 Å². The number of hydrogen-bond acceptors (Lipinski definition) is 3. The average Bonchev–Trinajstić information content (AvgIpc) is 2.59. The summed E-state index contributed by atoms with van der Waals surface area (Å²) in [5, 5.41) is 17.7. The van der Waals surface area contributed by atoms with Gasteiger partial charge in [0.05, 0.1) is 29.1 Å². The summed E-state index contributed by atoms with van der Waals surface area (Å²) in [5.41, 5.74) is 2.01. The lowest BCUT2D eigenvalue weighted by molar-refractivity contribution is -0.136. The number of nitrogens with one attached hydrogen (secondary N) is 1. The van der Waals surface area contributed by atoms with E-state index in [0.29, 0.717) is 26.9 Å². The second-order valence-electron chi connectivity index (χ2n) is 3.20. The van der Waals surface area contributed by atoms with Gasteiger partial charge in [0.1, 0.15) is 0 Å². The number of carboxylic acids is 1. The Labute approximate surface area is 98.9 Å². The van der Waals surface area contributed by atoms with Crippen molar-refractivity contribution in [3.05, 3.63) is 28.0 Å². The number of H-pyrrole nitrogens is 1. The summed E-state index contributed by atoms with van der Waals surface area (Å²) in [6, 6.07) is 5.26. The third kappa shape index (κ3) is 1.77. The molecule has 1 heterocycles. The van der Waals surface area contributed by atoms with Crippen molar-refractivity contribution in [2.75, 3.05) is 0 Å². The molecular weight excluding hydrogens is 274 g/mol. The van der Waals surface area contributed by atoms with Crippen molar-refractivity contribution >= 4 is 32.9 Å². The van der Waals surface area contributed by atoms with Crippen LogP contribution in [-0.2, 0) is 11.2 Å². The lowest BCUT2D eigenvalue weighted by atomic mass is 10.0. The van der Waals surface area contributed by atoms with E-state index in [0.717, 1.165) is 0 Å². The Morgan fingerprint density at radius 3 is 3.00 bits per heavy atom. The quantitative estimate of drug-likeness (QED) is 0.878. The zero-order valence-electron chi connectivity index (χ0n) is 7.99. The third-order valence-electron chi connectivity index (χ3n) is 2.18. The Balaban J connectivity index is 2.73. The number of nitriles is 1. The number of carboxylic acid groups (broad SMARTS) is 1. The maximum Gasteiger partial charge on any atom is 0.307 e. The highest BCUT2D eigenvalue weighted by atomic mass is 79.9. The second kappa shape index (κ2) is 3.94. The molecule has 80 valence electrons. The van der Waals surface area contributed by atoms with Crippen LogP contribution in [0.3, 0.4) is 0 Å². The SMILES string of the molecule is N#Cc1ccc2[nH]c(Br)nc2c1CC(=O)O. The fourth-order valence-electron chi connectivity index (χ4n) is 1.54. The highest BCUT2D eigenvalue weighted by Gasteiger charge is 2.14. The molecule has 0 fully saturated rings. The highest BCUT2D eigenvalue weighted by molar-refractivity contribution is 9.10. The van der Waals surface area contributed by atoms with Crippen LogP contribution in [0.1, 0.15) is 11.1 Å². The Bertz CT molecular complexity index is 612. The van der Waals surface area contributed by atoms with Crippen molar-refractivity contribution in [1.82, 2.24) is 9.97 Å². The van der Waals surface area contributed by atoms with E-state index in [9.17, 15) is 4.79 Å². The van der Waals surface area contributed by atoms with Gasteiger partial charge in [-0.1, -0.05) is 0 Å². The molecule has 0 aliphatic heterocycles. The molecule has 0 spiro atoms. The molecule has 5 nitrogen and oxygen atoms in total. The van der Waals surface area contributed by atoms with Crippen LogP contribution in [0.2, 0.25) is 0 Å². The zero-order chi connectivity index (χ0) is 11.7. The van der Waals surface area contributed by atoms with Crippen LogP contribution in [0.25, 0.3) is 11.0 Å². The molecule has 0 aliphatic carbocycles. The molecule has 0 saturated carbocycles. The van der Waals surface area contributed by atoms with Crippen molar-refractivity contribution in [3.8, 4) is 6.07 Å². The molecule has 0 unspecified atom stereocenters. The summed E-state index contributed by atoms with van der Waals surface area (Å²) in [5.74, 6) is -0.983. The Kier molecular flexibility index (Phi) is 2.62. The van der Waals surface area contributed by atoms with E-state index in [1.54, 1.807) is 12.1 Å². The fraction of sp³-hybridized carbons (Fsp3) is 0.100. The van der Waals surface area contributed by atoms with Crippen LogP contribution < -0.4 is 0 Å². The highest BCUT2D eigenvalue weighted by Crippen LogP contribution is 2.22. The maximum atomic E-state index is 10.7. The number of hydrogen-bond donors (Lipinski definition) is 2. The number of rotatable bonds is 2. The minimum absolute atomic E-state index is 0.211. The molecule has 0 bridgehead atoms. The number of halogens is 1. The first kappa shape index (κ1) is 10.6. The predicted molar refractivity (Wildman–Crippen MR) is 59.8 cm³/mol. The number of aromatic nitrogens is 2. The van der Waals surface area contributed by atoms with Crippen molar-refractivity contribution < 1.29 is 9.90 Å². The number of carbonyl (C=O) groups is 1. The van der Waals surface area contributed by atoms with Gasteiger partial charge >= 0.3 is 5.97 Å². The Hall–Kier alpha value is -1.87. The van der Waals surface area contributed by atoms with Crippen molar-refractivity contribution in [1.29, 1.82) is 5.26 Å². The molecule has 0 radical (unpaired) electrons. The van der Waals surface area contributed by atoms with E-state index >= 15 is 0 Å². The van der Waals surface area contributed by atoms with Crippen molar-refractivity contribution in [2.24, 2.45) is 0 Å². The molecule has 1 aromatic carbocycles. The number of aliphatic carboxylic acids is 1. The molecule has 2 N–H and O–H groups in total. The standard InChI is InChI=1S/C10H6BrN3O2/c11-10-13-7-2-1-5(4-12)6(3-8(15)16)9(7)14-10/h1-2H,3H2,(H,13,14)(H,15,16). The van der Waals surface area contributed by atoms with Gasteiger partial charge in [-0.25, -0.2) is 4.98 Å². The largest absolute Gasteiger partial charge is 0.481 e. The lowest BCUT2D eigenvalue weighted by Gasteiger charge is -2.01. The number of aromatic amines is 1. The summed E-state index contributed by atoms with van der Waals surface area (Å²) >= 11 is 3.17. The topological polar surface area (TPSA) is 89.8 Å². The van der Waals surface area contributed by atoms with Crippen LogP contribution in [0.4, 0.5) is 0 Å². The van der Waals surface area contributed by atoms with Crippen molar-refractivity contribution in [2.45, 2.75) is 6.42 Å². The minimum atomic E-state index is -0.983. The average molecular weight is 280 g/mol. The van der Waals surface area contributed by atoms with Crippen LogP contribution >= 0.6 is 15.9 Å². The summed E-state index contributed by atoms with van der Waals surface area (Å²) in [7, 11) is 0. The van der Waals surface area contributed by atoms with E-state index in [1.165, 1.54) is 0 Å². The molecule has 0 amide bonds. The van der Waals surface area contributed by atoms with E-state index in [4.69, 9.17) is 10.4 Å². The van der Waals surface area contributed by atoms with E-state index in [1.807, 2.05) is 6.07 Å². The van der Waals surface area contributed by atoms with E-state index in [2.05, 4.69) is 25.9 Å². The normalized spacial score (nSPS) is 10.2. The number of nitrogens with zero attached hydrogens (tertiary/aromatic N) is 2. The zero-order valence-corrected chi connectivity index (χ0v) is 9.58. The summed E-state index contributed by atoms with van der Waals surface area (Å²) in [6.45, 7) is 0. The van der Waals surface area contributed by atoms with Gasteiger partial charge in [-0.3, -0.25) is 4.79 Å². The molecular formula is C10H6BrN3O2. The fourth-order valence-corrected chi connectivity index (χ4v) is 1.93. The van der Waals surface area contributed by atoms with Crippen LogP contribution in [0.15, 0.2) is 16.9 Å². The second-order valence-corrected chi connectivity index (χ2v) is 3.95. The Morgan fingerprint density at radius 2 is 2.38 bits per heavy atom. The number of fused-ring (bicyclic) bond motifs is 1. The van der Waals surface area contributed by atoms with Crippen LogP contribution in [-0.4, -0.2) is 21.0 Å². The smallest absolute Gasteiger partial charge is 0.307 e. The van der Waals surface area contributed by atoms with E-state index in [-0.39, 0.29) is 6.42 Å². The van der Waals surface area contributed by atoms with Crippen LogP contribution in [0, 0.1) is 11.3 Å². The van der Waals surface area contributed by atoms with Gasteiger partial charge in [-0.15, -0.1) is 0 Å². The first-order valence-electron chi connectivity index (χ1n) is 4.41.